The molecular formula is C14H17FN4O5S2. The third-order valence-electron chi connectivity index (χ3n) is 2.92. The average molecular weight is 404 g/mol. The first kappa shape index (κ1) is 20.0. The smallest absolute Gasteiger partial charge is 0.335 e. The molecule has 0 unspecified atom stereocenters. The lowest BCUT2D eigenvalue weighted by molar-refractivity contribution is 0.105. The molecule has 0 aliphatic rings. The monoisotopic (exact) mass is 404 g/mol. The first-order valence-electron chi connectivity index (χ1n) is 7.29. The van der Waals surface area contributed by atoms with Crippen molar-refractivity contribution in [1.29, 1.82) is 0 Å². The van der Waals surface area contributed by atoms with E-state index in [-0.39, 0.29) is 29.3 Å². The van der Waals surface area contributed by atoms with Crippen LogP contribution in [0.1, 0.15) is 11.3 Å². The lowest BCUT2D eigenvalue weighted by atomic mass is 10.4. The van der Waals surface area contributed by atoms with Gasteiger partial charge in [-0.2, -0.15) is 4.98 Å². The zero-order valence-corrected chi connectivity index (χ0v) is 15.6. The van der Waals surface area contributed by atoms with Gasteiger partial charge in [-0.25, -0.2) is 27.3 Å². The van der Waals surface area contributed by atoms with Crippen molar-refractivity contribution >= 4 is 33.3 Å². The van der Waals surface area contributed by atoms with Crippen molar-refractivity contribution in [2.24, 2.45) is 0 Å². The van der Waals surface area contributed by atoms with Crippen LogP contribution in [0.2, 0.25) is 0 Å². The number of carbonyl (C=O) groups is 1. The van der Waals surface area contributed by atoms with Gasteiger partial charge in [0.1, 0.15) is 10.9 Å². The molecule has 0 atom stereocenters. The number of anilines is 1. The maximum absolute atomic E-state index is 12.4. The van der Waals surface area contributed by atoms with E-state index in [1.165, 1.54) is 18.6 Å². The number of ether oxygens (including phenoxy) is 2. The summed E-state index contributed by atoms with van der Waals surface area (Å²) in [5.74, 6) is 0.119. The number of thiophene rings is 1. The molecule has 2 heterocycles. The molecule has 9 nitrogen and oxygen atoms in total. The number of aromatic nitrogens is 2. The Morgan fingerprint density at radius 1 is 1.38 bits per heavy atom. The van der Waals surface area contributed by atoms with Gasteiger partial charge in [-0.3, -0.25) is 5.32 Å². The zero-order valence-electron chi connectivity index (χ0n) is 14.0. The van der Waals surface area contributed by atoms with Crippen molar-refractivity contribution in [2.75, 3.05) is 25.7 Å². The molecule has 142 valence electrons. The van der Waals surface area contributed by atoms with Gasteiger partial charge >= 0.3 is 6.03 Å². The van der Waals surface area contributed by atoms with Crippen LogP contribution in [-0.2, 0) is 21.4 Å². The molecule has 0 aliphatic heterocycles. The molecule has 2 rings (SSSR count). The Hall–Kier alpha value is -2.31. The Kier molecular flexibility index (Phi) is 6.83. The molecule has 0 saturated heterocycles. The minimum Gasteiger partial charge on any atom is -0.481 e. The zero-order chi connectivity index (χ0) is 19.2. The second kappa shape index (κ2) is 8.87. The van der Waals surface area contributed by atoms with Gasteiger partial charge in [0.25, 0.3) is 10.0 Å². The fraction of sp³-hybridized carbons (Fsp3) is 0.357. The number of nitrogens with one attached hydrogen (secondary N) is 2. The van der Waals surface area contributed by atoms with Crippen LogP contribution in [0.3, 0.4) is 0 Å². The Bertz CT molecular complexity index is 872. The number of hydrogen-bond donors (Lipinski definition) is 2. The molecule has 0 spiro atoms. The number of carbonyl (C=O) groups excluding carboxylic acids is 1. The van der Waals surface area contributed by atoms with Crippen LogP contribution in [0.4, 0.5) is 15.1 Å². The van der Waals surface area contributed by atoms with Crippen molar-refractivity contribution < 1.29 is 27.1 Å². The molecule has 0 fully saturated rings. The quantitative estimate of drug-likeness (QED) is 0.644. The lowest BCUT2D eigenvalue weighted by Gasteiger charge is -2.09. The minimum atomic E-state index is -4.13. The molecule has 2 aromatic heterocycles. The summed E-state index contributed by atoms with van der Waals surface area (Å²) in [7, 11) is -2.73. The number of halogens is 1. The predicted octanol–water partition coefficient (Wildman–Crippen LogP) is 1.85. The van der Waals surface area contributed by atoms with Crippen LogP contribution >= 0.6 is 11.3 Å². The van der Waals surface area contributed by atoms with Crippen molar-refractivity contribution in [2.45, 2.75) is 17.7 Å². The first-order valence-corrected chi connectivity index (χ1v) is 9.65. The van der Waals surface area contributed by atoms with Crippen LogP contribution in [0, 0.1) is 6.92 Å². The van der Waals surface area contributed by atoms with E-state index in [1.807, 2.05) is 4.72 Å². The summed E-state index contributed by atoms with van der Waals surface area (Å²) in [5, 5.41) is 3.78. The van der Waals surface area contributed by atoms with Crippen LogP contribution < -0.4 is 14.8 Å². The Labute approximate surface area is 153 Å². The Balaban J connectivity index is 2.08. The molecule has 2 amide bonds. The van der Waals surface area contributed by atoms with Crippen molar-refractivity contribution in [3.63, 3.8) is 0 Å². The number of methoxy groups -OCH3 is 1. The average Bonchev–Trinajstić information content (AvgIpc) is 3.03. The number of sulfonamides is 1. The molecule has 0 saturated carbocycles. The third kappa shape index (κ3) is 5.34. The first-order chi connectivity index (χ1) is 12.4. The van der Waals surface area contributed by atoms with Gasteiger partial charge in [-0.05, 0) is 18.4 Å². The maximum Gasteiger partial charge on any atom is 0.335 e. The summed E-state index contributed by atoms with van der Waals surface area (Å²) in [6.45, 7) is 0.769. The minimum absolute atomic E-state index is 0.0799. The van der Waals surface area contributed by atoms with E-state index in [9.17, 15) is 17.6 Å². The van der Waals surface area contributed by atoms with Gasteiger partial charge in [-0.15, -0.1) is 11.3 Å². The van der Waals surface area contributed by atoms with E-state index in [4.69, 9.17) is 9.47 Å². The highest BCUT2D eigenvalue weighted by molar-refractivity contribution is 7.92. The van der Waals surface area contributed by atoms with E-state index in [0.717, 1.165) is 11.3 Å². The summed E-state index contributed by atoms with van der Waals surface area (Å²) in [5.41, 5.74) is 0.859. The van der Waals surface area contributed by atoms with Crippen LogP contribution in [0.15, 0.2) is 21.7 Å². The highest BCUT2D eigenvalue weighted by atomic mass is 32.2. The normalized spacial score (nSPS) is 11.2. The fourth-order valence-electron chi connectivity index (χ4n) is 1.90. The predicted molar refractivity (Wildman–Crippen MR) is 92.6 cm³/mol. The standard InChI is InChI=1S/C14H17FN4O5S2/c1-9-7-11(23-2)17-13(16-9)18-14(20)19-26(21,22)12-10(3-6-25-12)8-24-5-4-15/h3,6-7H,4-5,8H2,1-2H3,(H2,16,17,18,19,20). The number of hydrogen-bond acceptors (Lipinski definition) is 8. The molecule has 0 aliphatic carbocycles. The van der Waals surface area contributed by atoms with Crippen LogP contribution in [-0.4, -0.2) is 44.8 Å². The molecule has 12 heteroatoms. The fourth-order valence-corrected chi connectivity index (χ4v) is 4.19. The van der Waals surface area contributed by atoms with Crippen LogP contribution in [0.25, 0.3) is 0 Å². The number of alkyl halides is 1. The number of nitrogens with zero attached hydrogens (tertiary/aromatic N) is 2. The lowest BCUT2D eigenvalue weighted by Crippen LogP contribution is -2.35. The Morgan fingerprint density at radius 3 is 2.85 bits per heavy atom. The number of urea groups is 1. The molecule has 26 heavy (non-hydrogen) atoms. The Morgan fingerprint density at radius 2 is 2.15 bits per heavy atom. The molecule has 0 bridgehead atoms. The summed E-state index contributed by atoms with van der Waals surface area (Å²) in [4.78, 5) is 19.9. The third-order valence-corrected chi connectivity index (χ3v) is 5.82. The SMILES string of the molecule is COc1cc(C)nc(NC(=O)NS(=O)(=O)c2sccc2COCCF)n1. The summed E-state index contributed by atoms with van der Waals surface area (Å²) < 4.78 is 48.6. The van der Waals surface area contributed by atoms with Gasteiger partial charge in [0.15, 0.2) is 0 Å². The van der Waals surface area contributed by atoms with Gasteiger partial charge < -0.3 is 9.47 Å². The van der Waals surface area contributed by atoms with Crippen molar-refractivity contribution in [3.8, 4) is 5.88 Å². The number of aryl methyl sites for hydroxylation is 1. The largest absolute Gasteiger partial charge is 0.481 e. The van der Waals surface area contributed by atoms with E-state index in [1.54, 1.807) is 13.0 Å². The van der Waals surface area contributed by atoms with Gasteiger partial charge in [0.05, 0.1) is 20.3 Å². The molecular weight excluding hydrogens is 387 g/mol. The topological polar surface area (TPSA) is 120 Å². The van der Waals surface area contributed by atoms with Gasteiger partial charge in [0.2, 0.25) is 11.8 Å². The molecule has 0 radical (unpaired) electrons. The van der Waals surface area contributed by atoms with E-state index in [0.29, 0.717) is 11.3 Å². The van der Waals surface area contributed by atoms with E-state index >= 15 is 0 Å². The summed E-state index contributed by atoms with van der Waals surface area (Å²) >= 11 is 0.916. The van der Waals surface area contributed by atoms with E-state index < -0.39 is 22.7 Å². The molecule has 2 aromatic rings. The second-order valence-corrected chi connectivity index (χ2v) is 7.70. The summed E-state index contributed by atoms with van der Waals surface area (Å²) in [6.07, 6.45) is 0. The van der Waals surface area contributed by atoms with Crippen LogP contribution in [0.5, 0.6) is 5.88 Å². The summed E-state index contributed by atoms with van der Waals surface area (Å²) in [6, 6.07) is 2.06. The number of rotatable bonds is 8. The highest BCUT2D eigenvalue weighted by Gasteiger charge is 2.23. The van der Waals surface area contributed by atoms with Gasteiger partial charge in [0, 0.05) is 17.3 Å². The number of amides is 2. The van der Waals surface area contributed by atoms with E-state index in [2.05, 4.69) is 15.3 Å². The van der Waals surface area contributed by atoms with Crippen molar-refractivity contribution in [1.82, 2.24) is 14.7 Å². The molecule has 0 aromatic carbocycles. The second-order valence-electron chi connectivity index (χ2n) is 4.91. The van der Waals surface area contributed by atoms with Gasteiger partial charge in [-0.1, -0.05) is 0 Å². The highest BCUT2D eigenvalue weighted by Crippen LogP contribution is 2.23. The molecule has 2 N–H and O–H groups in total. The van der Waals surface area contributed by atoms with Crippen molar-refractivity contribution in [3.05, 3.63) is 28.8 Å². The maximum atomic E-state index is 12.4.